The number of para-hydroxylation sites is 1. The van der Waals surface area contributed by atoms with E-state index in [0.717, 1.165) is 16.9 Å². The molecule has 0 aromatic heterocycles. The Hall–Kier alpha value is -1.78. The number of nitrogens with zero attached hydrogens (tertiary/aromatic N) is 1. The van der Waals surface area contributed by atoms with Crippen LogP contribution in [-0.2, 0) is 4.79 Å². The van der Waals surface area contributed by atoms with Gasteiger partial charge in [-0.05, 0) is 24.0 Å². The molecule has 0 radical (unpaired) electrons. The first-order valence-corrected chi connectivity index (χ1v) is 6.13. The monoisotopic (exact) mass is 267 g/mol. The van der Waals surface area contributed by atoms with E-state index in [2.05, 4.69) is 0 Å². The van der Waals surface area contributed by atoms with Gasteiger partial charge in [-0.1, -0.05) is 30.4 Å². The third-order valence-electron chi connectivity index (χ3n) is 3.78. The molecule has 2 aliphatic rings. The maximum Gasteiger partial charge on any atom is 0.471 e. The average Bonchev–Trinajstić information content (AvgIpc) is 2.84. The second-order valence-electron chi connectivity index (χ2n) is 4.92. The van der Waals surface area contributed by atoms with Crippen LogP contribution in [-0.4, -0.2) is 18.6 Å². The van der Waals surface area contributed by atoms with Gasteiger partial charge in [0.15, 0.2) is 0 Å². The zero-order valence-corrected chi connectivity index (χ0v) is 10.0. The minimum atomic E-state index is -4.83. The van der Waals surface area contributed by atoms with Crippen LogP contribution < -0.4 is 4.90 Å². The lowest BCUT2D eigenvalue weighted by atomic mass is 9.83. The summed E-state index contributed by atoms with van der Waals surface area (Å²) in [6.45, 7) is 0.132. The molecule has 0 bridgehead atoms. The molecule has 2 unspecified atom stereocenters. The Morgan fingerprint density at radius 2 is 2.00 bits per heavy atom. The van der Waals surface area contributed by atoms with Crippen LogP contribution in [0, 0.1) is 5.92 Å². The highest BCUT2D eigenvalue weighted by Gasteiger charge is 2.46. The molecule has 0 N–H and O–H groups in total. The summed E-state index contributed by atoms with van der Waals surface area (Å²) in [7, 11) is 0. The van der Waals surface area contributed by atoms with Crippen molar-refractivity contribution in [2.24, 2.45) is 5.92 Å². The first-order valence-electron chi connectivity index (χ1n) is 6.13. The molecule has 1 amide bonds. The highest BCUT2D eigenvalue weighted by atomic mass is 19.4. The van der Waals surface area contributed by atoms with Crippen molar-refractivity contribution < 1.29 is 18.0 Å². The first-order chi connectivity index (χ1) is 8.98. The molecule has 0 saturated carbocycles. The van der Waals surface area contributed by atoms with Crippen molar-refractivity contribution in [3.05, 3.63) is 42.0 Å². The summed E-state index contributed by atoms with van der Waals surface area (Å²) in [5, 5.41) is 0. The molecular formula is C14H12F3NO. The van der Waals surface area contributed by atoms with Crippen molar-refractivity contribution in [1.82, 2.24) is 0 Å². The number of benzene rings is 1. The number of allylic oxidation sites excluding steroid dienone is 2. The Labute approximate surface area is 108 Å². The topological polar surface area (TPSA) is 20.3 Å². The van der Waals surface area contributed by atoms with Crippen molar-refractivity contribution >= 4 is 11.6 Å². The van der Waals surface area contributed by atoms with Crippen LogP contribution >= 0.6 is 0 Å². The van der Waals surface area contributed by atoms with Crippen molar-refractivity contribution in [3.8, 4) is 0 Å². The standard InChI is InChI=1S/C14H12F3NO/c15-14(16,17)13(19)18-8-9-4-3-6-10(9)11-5-1-2-7-12(11)18/h1-3,5-7,9-10H,4,8H2. The van der Waals surface area contributed by atoms with E-state index in [1.165, 1.54) is 0 Å². The second-order valence-corrected chi connectivity index (χ2v) is 4.92. The minimum Gasteiger partial charge on any atom is -0.304 e. The number of hydrogen-bond donors (Lipinski definition) is 0. The van der Waals surface area contributed by atoms with Crippen molar-refractivity contribution in [1.29, 1.82) is 0 Å². The molecule has 0 fully saturated rings. The maximum atomic E-state index is 12.7. The molecule has 3 rings (SSSR count). The van der Waals surface area contributed by atoms with Gasteiger partial charge >= 0.3 is 12.1 Å². The number of halogens is 3. The van der Waals surface area contributed by atoms with E-state index in [-0.39, 0.29) is 18.4 Å². The van der Waals surface area contributed by atoms with Crippen molar-refractivity contribution in [3.63, 3.8) is 0 Å². The van der Waals surface area contributed by atoms with Gasteiger partial charge in [0.2, 0.25) is 0 Å². The summed E-state index contributed by atoms with van der Waals surface area (Å²) in [6, 6.07) is 6.85. The summed E-state index contributed by atoms with van der Waals surface area (Å²) in [4.78, 5) is 12.4. The van der Waals surface area contributed by atoms with E-state index < -0.39 is 12.1 Å². The molecule has 1 aromatic rings. The second kappa shape index (κ2) is 4.11. The third-order valence-corrected chi connectivity index (χ3v) is 3.78. The Balaban J connectivity index is 2.05. The summed E-state index contributed by atoms with van der Waals surface area (Å²) in [5.41, 5.74) is 1.20. The Morgan fingerprint density at radius 1 is 1.26 bits per heavy atom. The zero-order valence-electron chi connectivity index (χ0n) is 10.0. The van der Waals surface area contributed by atoms with Crippen LogP contribution in [0.1, 0.15) is 17.9 Å². The smallest absolute Gasteiger partial charge is 0.304 e. The normalized spacial score (nSPS) is 25.1. The van der Waals surface area contributed by atoms with Crippen LogP contribution in [0.25, 0.3) is 0 Å². The largest absolute Gasteiger partial charge is 0.471 e. The van der Waals surface area contributed by atoms with Crippen LogP contribution in [0.3, 0.4) is 0 Å². The first kappa shape index (κ1) is 12.3. The number of anilines is 1. The highest BCUT2D eigenvalue weighted by Crippen LogP contribution is 2.44. The van der Waals surface area contributed by atoms with Gasteiger partial charge in [-0.25, -0.2) is 0 Å². The molecule has 2 nitrogen and oxygen atoms in total. The van der Waals surface area contributed by atoms with E-state index in [4.69, 9.17) is 0 Å². The van der Waals surface area contributed by atoms with E-state index in [0.29, 0.717) is 5.69 Å². The fraction of sp³-hybridized carbons (Fsp3) is 0.357. The number of alkyl halides is 3. The summed E-state index contributed by atoms with van der Waals surface area (Å²) in [6.07, 6.45) is -0.0980. The molecule has 1 aliphatic heterocycles. The molecule has 1 aliphatic carbocycles. The number of fused-ring (bicyclic) bond motifs is 3. The number of hydrogen-bond acceptors (Lipinski definition) is 1. The van der Waals surface area contributed by atoms with Gasteiger partial charge in [-0.15, -0.1) is 0 Å². The Morgan fingerprint density at radius 3 is 2.74 bits per heavy atom. The summed E-state index contributed by atoms with van der Waals surface area (Å²) >= 11 is 0. The number of carbonyl (C=O) groups is 1. The predicted octanol–water partition coefficient (Wildman–Crippen LogP) is 3.26. The van der Waals surface area contributed by atoms with Gasteiger partial charge in [0.1, 0.15) is 0 Å². The van der Waals surface area contributed by atoms with Crippen LogP contribution in [0.5, 0.6) is 0 Å². The zero-order chi connectivity index (χ0) is 13.6. The predicted molar refractivity (Wildman–Crippen MR) is 64.8 cm³/mol. The molecule has 0 saturated heterocycles. The lowest BCUT2D eigenvalue weighted by molar-refractivity contribution is -0.170. The van der Waals surface area contributed by atoms with Gasteiger partial charge in [-0.2, -0.15) is 13.2 Å². The fourth-order valence-corrected chi connectivity index (χ4v) is 2.94. The molecule has 0 spiro atoms. The molecular weight excluding hydrogens is 255 g/mol. The summed E-state index contributed by atoms with van der Waals surface area (Å²) in [5.74, 6) is -1.58. The summed E-state index contributed by atoms with van der Waals surface area (Å²) < 4.78 is 38.0. The van der Waals surface area contributed by atoms with Crippen LogP contribution in [0.4, 0.5) is 18.9 Å². The van der Waals surface area contributed by atoms with E-state index in [1.54, 1.807) is 24.3 Å². The van der Waals surface area contributed by atoms with Gasteiger partial charge < -0.3 is 4.90 Å². The van der Waals surface area contributed by atoms with Gasteiger partial charge in [-0.3, -0.25) is 4.79 Å². The fourth-order valence-electron chi connectivity index (χ4n) is 2.94. The van der Waals surface area contributed by atoms with Crippen molar-refractivity contribution in [2.45, 2.75) is 18.5 Å². The van der Waals surface area contributed by atoms with Crippen molar-refractivity contribution in [2.75, 3.05) is 11.4 Å². The molecule has 1 heterocycles. The quantitative estimate of drug-likeness (QED) is 0.661. The molecule has 19 heavy (non-hydrogen) atoms. The minimum absolute atomic E-state index is 0.0567. The van der Waals surface area contributed by atoms with Gasteiger partial charge in [0.25, 0.3) is 0 Å². The van der Waals surface area contributed by atoms with E-state index in [9.17, 15) is 18.0 Å². The van der Waals surface area contributed by atoms with Gasteiger partial charge in [0, 0.05) is 18.2 Å². The average molecular weight is 267 g/mol. The Kier molecular flexibility index (Phi) is 2.66. The highest BCUT2D eigenvalue weighted by molar-refractivity contribution is 5.98. The Bertz CT molecular complexity index is 550. The number of amides is 1. The number of rotatable bonds is 0. The SMILES string of the molecule is O=C(N1CC2CC=CC2c2ccccc21)C(F)(F)F. The molecule has 2 atom stereocenters. The number of carbonyl (C=O) groups excluding carboxylic acids is 1. The lowest BCUT2D eigenvalue weighted by Gasteiger charge is -2.37. The van der Waals surface area contributed by atoms with Crippen LogP contribution in [0.15, 0.2) is 36.4 Å². The van der Waals surface area contributed by atoms with E-state index in [1.807, 2.05) is 12.2 Å². The van der Waals surface area contributed by atoms with Crippen LogP contribution in [0.2, 0.25) is 0 Å². The lowest BCUT2D eigenvalue weighted by Crippen LogP contribution is -2.46. The molecule has 5 heteroatoms. The molecule has 1 aromatic carbocycles. The van der Waals surface area contributed by atoms with Gasteiger partial charge in [0.05, 0.1) is 0 Å². The maximum absolute atomic E-state index is 12.7. The third kappa shape index (κ3) is 1.93. The molecule has 100 valence electrons. The van der Waals surface area contributed by atoms with E-state index >= 15 is 0 Å².